The van der Waals surface area contributed by atoms with Crippen LogP contribution in [0.15, 0.2) is 40.6 Å². The molecule has 0 radical (unpaired) electrons. The smallest absolute Gasteiger partial charge is 0.252 e. The fraction of sp³-hybridized carbons (Fsp3) is 0.421. The third kappa shape index (κ3) is 4.94. The zero-order valence-corrected chi connectivity index (χ0v) is 16.8. The summed E-state index contributed by atoms with van der Waals surface area (Å²) in [7, 11) is -3.55. The molecule has 0 spiro atoms. The third-order valence-corrected chi connectivity index (χ3v) is 8.00. The number of carbonyl (C=O) groups is 1. The van der Waals surface area contributed by atoms with Gasteiger partial charge in [-0.25, -0.2) is 12.8 Å². The Morgan fingerprint density at radius 2 is 2.15 bits per heavy atom. The maximum Gasteiger partial charge on any atom is 0.252 e. The summed E-state index contributed by atoms with van der Waals surface area (Å²) in [4.78, 5) is 13.4. The molecule has 1 saturated heterocycles. The number of hydrogen-bond donors (Lipinski definition) is 1. The van der Waals surface area contributed by atoms with Crippen LogP contribution in [0.25, 0.3) is 0 Å². The lowest BCUT2D eigenvalue weighted by Crippen LogP contribution is -2.45. The number of amides is 1. The SMILES string of the molecule is Cc1ccc(S(=O)(=O)N2CCCC(C(=O)NCCc3cccc(F)c3)C2)s1. The lowest BCUT2D eigenvalue weighted by atomic mass is 9.99. The van der Waals surface area contributed by atoms with E-state index >= 15 is 0 Å². The number of nitrogens with one attached hydrogen (secondary N) is 1. The van der Waals surface area contributed by atoms with Gasteiger partial charge in [-0.15, -0.1) is 11.3 Å². The van der Waals surface area contributed by atoms with Gasteiger partial charge in [0.05, 0.1) is 5.92 Å². The zero-order valence-electron chi connectivity index (χ0n) is 15.2. The summed E-state index contributed by atoms with van der Waals surface area (Å²) >= 11 is 1.25. The van der Waals surface area contributed by atoms with E-state index in [1.54, 1.807) is 18.2 Å². The van der Waals surface area contributed by atoms with Crippen molar-refractivity contribution in [1.82, 2.24) is 9.62 Å². The Balaban J connectivity index is 1.56. The number of halogens is 1. The predicted molar refractivity (Wildman–Crippen MR) is 104 cm³/mol. The van der Waals surface area contributed by atoms with E-state index in [1.807, 2.05) is 13.0 Å². The molecule has 5 nitrogen and oxygen atoms in total. The number of sulfonamides is 1. The highest BCUT2D eigenvalue weighted by molar-refractivity contribution is 7.91. The largest absolute Gasteiger partial charge is 0.355 e. The highest BCUT2D eigenvalue weighted by Crippen LogP contribution is 2.28. The van der Waals surface area contributed by atoms with E-state index in [-0.39, 0.29) is 24.2 Å². The van der Waals surface area contributed by atoms with Gasteiger partial charge in [-0.1, -0.05) is 12.1 Å². The number of nitrogens with zero attached hydrogens (tertiary/aromatic N) is 1. The molecule has 1 aliphatic rings. The molecular formula is C19H23FN2O3S2. The van der Waals surface area contributed by atoms with Gasteiger partial charge >= 0.3 is 0 Å². The first-order valence-electron chi connectivity index (χ1n) is 8.95. The molecule has 1 aromatic carbocycles. The molecule has 0 bridgehead atoms. The summed E-state index contributed by atoms with van der Waals surface area (Å²) in [6.07, 6.45) is 1.86. The molecule has 146 valence electrons. The van der Waals surface area contributed by atoms with Crippen molar-refractivity contribution in [2.75, 3.05) is 19.6 Å². The lowest BCUT2D eigenvalue weighted by Gasteiger charge is -2.30. The van der Waals surface area contributed by atoms with Crippen molar-refractivity contribution in [3.63, 3.8) is 0 Å². The Morgan fingerprint density at radius 1 is 1.33 bits per heavy atom. The Hall–Kier alpha value is -1.77. The molecule has 1 aromatic heterocycles. The number of piperidine rings is 1. The summed E-state index contributed by atoms with van der Waals surface area (Å²) in [6.45, 7) is 2.90. The van der Waals surface area contributed by atoms with Crippen LogP contribution in [-0.2, 0) is 21.2 Å². The number of thiophene rings is 1. The van der Waals surface area contributed by atoms with Crippen molar-refractivity contribution in [3.8, 4) is 0 Å². The minimum absolute atomic E-state index is 0.145. The zero-order chi connectivity index (χ0) is 19.4. The van der Waals surface area contributed by atoms with Gasteiger partial charge in [-0.3, -0.25) is 4.79 Å². The topological polar surface area (TPSA) is 66.5 Å². The highest BCUT2D eigenvalue weighted by atomic mass is 32.2. The molecule has 1 N–H and O–H groups in total. The van der Waals surface area contributed by atoms with Crippen molar-refractivity contribution < 1.29 is 17.6 Å². The van der Waals surface area contributed by atoms with Gasteiger partial charge in [0.25, 0.3) is 10.0 Å². The second-order valence-electron chi connectivity index (χ2n) is 6.74. The van der Waals surface area contributed by atoms with Crippen LogP contribution in [0, 0.1) is 18.7 Å². The molecule has 0 saturated carbocycles. The minimum Gasteiger partial charge on any atom is -0.355 e. The van der Waals surface area contributed by atoms with Crippen LogP contribution in [0.2, 0.25) is 0 Å². The van der Waals surface area contributed by atoms with Crippen LogP contribution in [-0.4, -0.2) is 38.3 Å². The maximum atomic E-state index is 13.2. The quantitative estimate of drug-likeness (QED) is 0.796. The van der Waals surface area contributed by atoms with Crippen LogP contribution in [0.5, 0.6) is 0 Å². The number of rotatable bonds is 6. The average molecular weight is 411 g/mol. The van der Waals surface area contributed by atoms with Crippen LogP contribution in [0.3, 0.4) is 0 Å². The van der Waals surface area contributed by atoms with E-state index in [2.05, 4.69) is 5.32 Å². The Kier molecular flexibility index (Phi) is 6.29. The van der Waals surface area contributed by atoms with Gasteiger partial charge in [0.15, 0.2) is 0 Å². The molecule has 1 amide bonds. The first-order valence-corrected chi connectivity index (χ1v) is 11.2. The summed E-state index contributed by atoms with van der Waals surface area (Å²) in [6, 6.07) is 9.70. The normalized spacial score (nSPS) is 18.4. The van der Waals surface area contributed by atoms with Gasteiger partial charge in [-0.05, 0) is 56.0 Å². The van der Waals surface area contributed by atoms with Crippen molar-refractivity contribution in [2.45, 2.75) is 30.4 Å². The number of hydrogen-bond acceptors (Lipinski definition) is 4. The molecule has 2 aromatic rings. The van der Waals surface area contributed by atoms with Gasteiger partial charge in [-0.2, -0.15) is 4.31 Å². The summed E-state index contributed by atoms with van der Waals surface area (Å²) in [5, 5.41) is 2.86. The number of carbonyl (C=O) groups excluding carboxylic acids is 1. The van der Waals surface area contributed by atoms with Crippen LogP contribution >= 0.6 is 11.3 Å². The van der Waals surface area contributed by atoms with Crippen molar-refractivity contribution in [1.29, 1.82) is 0 Å². The van der Waals surface area contributed by atoms with E-state index in [4.69, 9.17) is 0 Å². The Bertz CT molecular complexity index is 911. The predicted octanol–water partition coefficient (Wildman–Crippen LogP) is 2.96. The van der Waals surface area contributed by atoms with Gasteiger partial charge in [0.2, 0.25) is 5.91 Å². The molecule has 0 aliphatic carbocycles. The maximum absolute atomic E-state index is 13.2. The molecular weight excluding hydrogens is 387 g/mol. The second kappa shape index (κ2) is 8.50. The molecule has 27 heavy (non-hydrogen) atoms. The standard InChI is InChI=1S/C19H23FN2O3S2/c1-14-7-8-18(26-14)27(24,25)22-11-3-5-16(13-22)19(23)21-10-9-15-4-2-6-17(20)12-15/h2,4,6-8,12,16H,3,5,9-11,13H2,1H3,(H,21,23). The van der Waals surface area contributed by atoms with Crippen molar-refractivity contribution >= 4 is 27.3 Å². The monoisotopic (exact) mass is 410 g/mol. The Labute approximate surface area is 163 Å². The van der Waals surface area contributed by atoms with Crippen LogP contribution in [0.4, 0.5) is 4.39 Å². The van der Waals surface area contributed by atoms with E-state index in [9.17, 15) is 17.6 Å². The van der Waals surface area contributed by atoms with Crippen LogP contribution < -0.4 is 5.32 Å². The van der Waals surface area contributed by atoms with E-state index in [0.717, 1.165) is 10.4 Å². The second-order valence-corrected chi connectivity index (χ2v) is 10.2. The fourth-order valence-electron chi connectivity index (χ4n) is 3.22. The first-order chi connectivity index (χ1) is 12.9. The minimum atomic E-state index is -3.55. The molecule has 1 aliphatic heterocycles. The first kappa shape index (κ1) is 20.0. The third-order valence-electron chi connectivity index (χ3n) is 4.67. The Morgan fingerprint density at radius 3 is 2.85 bits per heavy atom. The molecule has 2 heterocycles. The van der Waals surface area contributed by atoms with E-state index in [0.29, 0.717) is 36.6 Å². The fourth-order valence-corrected chi connectivity index (χ4v) is 6.18. The average Bonchev–Trinajstić information content (AvgIpc) is 3.09. The molecule has 1 unspecified atom stereocenters. The molecule has 3 rings (SSSR count). The number of aryl methyl sites for hydroxylation is 1. The van der Waals surface area contributed by atoms with E-state index < -0.39 is 10.0 Å². The molecule has 1 fully saturated rings. The summed E-state index contributed by atoms with van der Waals surface area (Å²) in [5.41, 5.74) is 0.816. The van der Waals surface area contributed by atoms with Crippen molar-refractivity contribution in [3.05, 3.63) is 52.7 Å². The molecule has 1 atom stereocenters. The summed E-state index contributed by atoms with van der Waals surface area (Å²) < 4.78 is 40.5. The lowest BCUT2D eigenvalue weighted by molar-refractivity contribution is -0.126. The number of benzene rings is 1. The highest BCUT2D eigenvalue weighted by Gasteiger charge is 2.33. The van der Waals surface area contributed by atoms with E-state index in [1.165, 1.54) is 27.8 Å². The van der Waals surface area contributed by atoms with Crippen LogP contribution in [0.1, 0.15) is 23.3 Å². The van der Waals surface area contributed by atoms with Gasteiger partial charge < -0.3 is 5.32 Å². The van der Waals surface area contributed by atoms with Gasteiger partial charge in [0, 0.05) is 24.5 Å². The molecule has 8 heteroatoms. The van der Waals surface area contributed by atoms with Gasteiger partial charge in [0.1, 0.15) is 10.0 Å². The summed E-state index contributed by atoms with van der Waals surface area (Å²) in [5.74, 6) is -0.800. The van der Waals surface area contributed by atoms with Crippen molar-refractivity contribution in [2.24, 2.45) is 5.92 Å².